The van der Waals surface area contributed by atoms with Crippen LogP contribution in [-0.4, -0.2) is 35.1 Å². The number of hydrogen-bond donors (Lipinski definition) is 2. The standard InChI is InChI=1S/C19H20N2O4/c1-12-7-13(2)9-16(8-12)19(23)21-5-6-25-17-10-14(18(22)20-24)3-4-15(17)11-21/h3-4,7-10,24H,5-6,11H2,1-2H3,(H,20,22). The molecule has 25 heavy (non-hydrogen) atoms. The van der Waals surface area contributed by atoms with Crippen molar-refractivity contribution in [3.8, 4) is 5.75 Å². The molecule has 0 atom stereocenters. The highest BCUT2D eigenvalue weighted by Gasteiger charge is 2.22. The van der Waals surface area contributed by atoms with Gasteiger partial charge in [-0.15, -0.1) is 0 Å². The van der Waals surface area contributed by atoms with Gasteiger partial charge in [-0.25, -0.2) is 5.48 Å². The minimum atomic E-state index is -0.598. The first-order chi connectivity index (χ1) is 12.0. The van der Waals surface area contributed by atoms with Crippen LogP contribution in [0.25, 0.3) is 0 Å². The number of ether oxygens (including phenoxy) is 1. The zero-order valence-corrected chi connectivity index (χ0v) is 14.2. The van der Waals surface area contributed by atoms with Crippen LogP contribution >= 0.6 is 0 Å². The number of amides is 2. The molecule has 1 aliphatic rings. The lowest BCUT2D eigenvalue weighted by Crippen LogP contribution is -2.32. The van der Waals surface area contributed by atoms with Crippen LogP contribution in [0.4, 0.5) is 0 Å². The van der Waals surface area contributed by atoms with E-state index in [-0.39, 0.29) is 5.91 Å². The van der Waals surface area contributed by atoms with Gasteiger partial charge in [-0.1, -0.05) is 23.3 Å². The van der Waals surface area contributed by atoms with Gasteiger partial charge in [0.1, 0.15) is 12.4 Å². The van der Waals surface area contributed by atoms with Crippen molar-refractivity contribution in [3.63, 3.8) is 0 Å². The van der Waals surface area contributed by atoms with Crippen LogP contribution in [-0.2, 0) is 6.54 Å². The average Bonchev–Trinajstić information content (AvgIpc) is 2.81. The summed E-state index contributed by atoms with van der Waals surface area (Å²) in [5.41, 5.74) is 5.49. The summed E-state index contributed by atoms with van der Waals surface area (Å²) in [6.07, 6.45) is 0. The van der Waals surface area contributed by atoms with Crippen molar-refractivity contribution in [2.24, 2.45) is 0 Å². The molecule has 0 saturated heterocycles. The summed E-state index contributed by atoms with van der Waals surface area (Å²) in [6.45, 7) is 5.15. The summed E-state index contributed by atoms with van der Waals surface area (Å²) < 4.78 is 5.69. The molecule has 0 radical (unpaired) electrons. The van der Waals surface area contributed by atoms with Gasteiger partial charge >= 0.3 is 0 Å². The number of fused-ring (bicyclic) bond motifs is 1. The van der Waals surface area contributed by atoms with Crippen LogP contribution in [0.5, 0.6) is 5.75 Å². The number of nitrogens with one attached hydrogen (secondary N) is 1. The minimum absolute atomic E-state index is 0.0413. The molecule has 6 nitrogen and oxygen atoms in total. The Morgan fingerprint density at radius 3 is 2.48 bits per heavy atom. The van der Waals surface area contributed by atoms with Gasteiger partial charge in [0, 0.05) is 23.2 Å². The van der Waals surface area contributed by atoms with Crippen molar-refractivity contribution in [3.05, 3.63) is 64.2 Å². The molecule has 2 N–H and O–H groups in total. The molecule has 130 valence electrons. The van der Waals surface area contributed by atoms with Gasteiger partial charge in [0.05, 0.1) is 6.54 Å². The van der Waals surface area contributed by atoms with Gasteiger partial charge in [-0.2, -0.15) is 0 Å². The number of nitrogens with zero attached hydrogens (tertiary/aromatic N) is 1. The SMILES string of the molecule is Cc1cc(C)cc(C(=O)N2CCOc3cc(C(=O)NO)ccc3C2)c1. The summed E-state index contributed by atoms with van der Waals surface area (Å²) in [6, 6.07) is 10.7. The second-order valence-corrected chi connectivity index (χ2v) is 6.21. The monoisotopic (exact) mass is 340 g/mol. The zero-order chi connectivity index (χ0) is 18.0. The van der Waals surface area contributed by atoms with Crippen molar-refractivity contribution in [1.29, 1.82) is 0 Å². The highest BCUT2D eigenvalue weighted by atomic mass is 16.5. The van der Waals surface area contributed by atoms with Gasteiger partial charge in [0.25, 0.3) is 11.8 Å². The Balaban J connectivity index is 1.86. The molecule has 2 amide bonds. The van der Waals surface area contributed by atoms with Crippen LogP contribution in [0.1, 0.15) is 37.4 Å². The molecular formula is C19H20N2O4. The van der Waals surface area contributed by atoms with Crippen molar-refractivity contribution < 1.29 is 19.5 Å². The Hall–Kier alpha value is -2.86. The lowest BCUT2D eigenvalue weighted by Gasteiger charge is -2.20. The number of hydroxylamine groups is 1. The number of carbonyl (C=O) groups excluding carboxylic acids is 2. The maximum absolute atomic E-state index is 12.9. The average molecular weight is 340 g/mol. The first-order valence-electron chi connectivity index (χ1n) is 8.05. The number of carbonyl (C=O) groups is 2. The van der Waals surface area contributed by atoms with Crippen LogP contribution in [0, 0.1) is 13.8 Å². The van der Waals surface area contributed by atoms with E-state index >= 15 is 0 Å². The summed E-state index contributed by atoms with van der Waals surface area (Å²) in [5, 5.41) is 8.74. The third-order valence-electron chi connectivity index (χ3n) is 4.17. The third-order valence-corrected chi connectivity index (χ3v) is 4.17. The quantitative estimate of drug-likeness (QED) is 0.650. The molecule has 0 aromatic heterocycles. The summed E-state index contributed by atoms with van der Waals surface area (Å²) in [7, 11) is 0. The van der Waals surface area contributed by atoms with E-state index in [9.17, 15) is 9.59 Å². The second kappa shape index (κ2) is 6.94. The van der Waals surface area contributed by atoms with Crippen molar-refractivity contribution in [2.75, 3.05) is 13.2 Å². The van der Waals surface area contributed by atoms with Gasteiger partial charge in [-0.05, 0) is 38.1 Å². The molecule has 2 aromatic rings. The maximum atomic E-state index is 12.9. The van der Waals surface area contributed by atoms with Gasteiger partial charge in [-0.3, -0.25) is 14.8 Å². The Labute approximate surface area is 146 Å². The van der Waals surface area contributed by atoms with E-state index in [4.69, 9.17) is 9.94 Å². The number of benzene rings is 2. The highest BCUT2D eigenvalue weighted by molar-refractivity contribution is 5.95. The fraction of sp³-hybridized carbons (Fsp3) is 0.263. The molecule has 6 heteroatoms. The molecule has 0 aliphatic carbocycles. The number of hydrogen-bond acceptors (Lipinski definition) is 4. The van der Waals surface area contributed by atoms with E-state index in [1.807, 2.05) is 32.0 Å². The Morgan fingerprint density at radius 1 is 1.08 bits per heavy atom. The fourth-order valence-electron chi connectivity index (χ4n) is 3.03. The van der Waals surface area contributed by atoms with Crippen molar-refractivity contribution in [2.45, 2.75) is 20.4 Å². The van der Waals surface area contributed by atoms with Crippen LogP contribution in [0.3, 0.4) is 0 Å². The van der Waals surface area contributed by atoms with E-state index in [0.717, 1.165) is 16.7 Å². The maximum Gasteiger partial charge on any atom is 0.274 e. The van der Waals surface area contributed by atoms with Crippen molar-refractivity contribution >= 4 is 11.8 Å². The van der Waals surface area contributed by atoms with E-state index in [2.05, 4.69) is 0 Å². The van der Waals surface area contributed by atoms with Crippen LogP contribution in [0.2, 0.25) is 0 Å². The first kappa shape index (κ1) is 17.0. The molecule has 0 spiro atoms. The van der Waals surface area contributed by atoms with E-state index in [1.165, 1.54) is 0 Å². The Bertz CT molecular complexity index is 812. The summed E-state index contributed by atoms with van der Waals surface area (Å²) >= 11 is 0. The van der Waals surface area contributed by atoms with Crippen LogP contribution in [0.15, 0.2) is 36.4 Å². The molecule has 0 unspecified atom stereocenters. The van der Waals surface area contributed by atoms with Crippen LogP contribution < -0.4 is 10.2 Å². The predicted octanol–water partition coefficient (Wildman–Crippen LogP) is 2.46. The largest absolute Gasteiger partial charge is 0.491 e. The molecular weight excluding hydrogens is 320 g/mol. The van der Waals surface area contributed by atoms with Gasteiger partial charge < -0.3 is 9.64 Å². The normalized spacial score (nSPS) is 13.5. The summed E-state index contributed by atoms with van der Waals surface area (Å²) in [5.74, 6) is -0.0870. The van der Waals surface area contributed by atoms with E-state index < -0.39 is 5.91 Å². The molecule has 1 heterocycles. The zero-order valence-electron chi connectivity index (χ0n) is 14.2. The third kappa shape index (κ3) is 3.64. The number of aryl methyl sites for hydroxylation is 2. The summed E-state index contributed by atoms with van der Waals surface area (Å²) in [4.78, 5) is 26.1. The molecule has 3 rings (SSSR count). The van der Waals surface area contributed by atoms with Crippen molar-refractivity contribution in [1.82, 2.24) is 10.4 Å². The topological polar surface area (TPSA) is 78.9 Å². The molecule has 0 saturated carbocycles. The molecule has 1 aliphatic heterocycles. The number of rotatable bonds is 2. The van der Waals surface area contributed by atoms with E-state index in [1.54, 1.807) is 28.6 Å². The van der Waals surface area contributed by atoms with Gasteiger partial charge in [0.2, 0.25) is 0 Å². The predicted molar refractivity (Wildman–Crippen MR) is 91.8 cm³/mol. The Morgan fingerprint density at radius 2 is 1.80 bits per heavy atom. The minimum Gasteiger partial charge on any atom is -0.491 e. The highest BCUT2D eigenvalue weighted by Crippen LogP contribution is 2.25. The second-order valence-electron chi connectivity index (χ2n) is 6.21. The van der Waals surface area contributed by atoms with Gasteiger partial charge in [0.15, 0.2) is 0 Å². The van der Waals surface area contributed by atoms with E-state index in [0.29, 0.717) is 36.6 Å². The first-order valence-corrected chi connectivity index (χ1v) is 8.05. The smallest absolute Gasteiger partial charge is 0.274 e. The lowest BCUT2D eigenvalue weighted by atomic mass is 10.1. The molecule has 2 aromatic carbocycles. The molecule has 0 bridgehead atoms. The Kier molecular flexibility index (Phi) is 4.72. The lowest BCUT2D eigenvalue weighted by molar-refractivity contribution is 0.0705. The fourth-order valence-corrected chi connectivity index (χ4v) is 3.03. The molecule has 0 fully saturated rings.